The summed E-state index contributed by atoms with van der Waals surface area (Å²) in [5.41, 5.74) is 9.10. The van der Waals surface area contributed by atoms with Gasteiger partial charge >= 0.3 is 0 Å². The normalized spacial score (nSPS) is 11.8. The third kappa shape index (κ3) is 4.00. The second-order valence-corrected chi connectivity index (χ2v) is 12.1. The van der Waals surface area contributed by atoms with Gasteiger partial charge in [-0.1, -0.05) is 109 Å². The highest BCUT2D eigenvalue weighted by Gasteiger charge is 2.20. The van der Waals surface area contributed by atoms with E-state index >= 15 is 0 Å². The van der Waals surface area contributed by atoms with Gasteiger partial charge in [0.15, 0.2) is 0 Å². The number of anilines is 3. The van der Waals surface area contributed by atoms with Crippen molar-refractivity contribution >= 4 is 82.5 Å². The van der Waals surface area contributed by atoms with Gasteiger partial charge in [0.25, 0.3) is 0 Å². The Morgan fingerprint density at radius 1 is 0.383 bits per heavy atom. The molecule has 0 aliphatic carbocycles. The molecule has 47 heavy (non-hydrogen) atoms. The summed E-state index contributed by atoms with van der Waals surface area (Å²) in [5.74, 6) is 0. The number of furan rings is 2. The molecule has 0 saturated heterocycles. The second kappa shape index (κ2) is 10.1. The van der Waals surface area contributed by atoms with Gasteiger partial charge in [0, 0.05) is 49.9 Å². The minimum absolute atomic E-state index is 0.864. The molecule has 0 saturated carbocycles. The average molecular weight is 602 g/mol. The van der Waals surface area contributed by atoms with Gasteiger partial charge in [0.1, 0.15) is 22.3 Å². The van der Waals surface area contributed by atoms with E-state index in [1.807, 2.05) is 12.1 Å². The van der Waals surface area contributed by atoms with E-state index in [1.165, 1.54) is 10.8 Å². The van der Waals surface area contributed by atoms with E-state index in [0.29, 0.717) is 0 Å². The lowest BCUT2D eigenvalue weighted by atomic mass is 10.00. The maximum absolute atomic E-state index is 6.66. The zero-order valence-corrected chi connectivity index (χ0v) is 25.4. The summed E-state index contributed by atoms with van der Waals surface area (Å²) in [4.78, 5) is 2.35. The summed E-state index contributed by atoms with van der Waals surface area (Å²) >= 11 is 0. The lowest BCUT2D eigenvalue weighted by Crippen LogP contribution is -2.11. The SMILES string of the molecule is c1ccc(-c2ccccc2N(c2ccc3c(ccc4oc5ccccc5c43)c2)c2ccc3c(c2)oc2c4ccccc4ccc32)cc1. The van der Waals surface area contributed by atoms with Gasteiger partial charge in [-0.15, -0.1) is 0 Å². The second-order valence-electron chi connectivity index (χ2n) is 12.1. The van der Waals surface area contributed by atoms with E-state index in [4.69, 9.17) is 8.83 Å². The van der Waals surface area contributed by atoms with Crippen molar-refractivity contribution in [3.8, 4) is 11.1 Å². The summed E-state index contributed by atoms with van der Waals surface area (Å²) in [7, 11) is 0. The van der Waals surface area contributed by atoms with E-state index in [9.17, 15) is 0 Å². The van der Waals surface area contributed by atoms with Crippen molar-refractivity contribution < 1.29 is 8.83 Å². The highest BCUT2D eigenvalue weighted by atomic mass is 16.3. The van der Waals surface area contributed by atoms with Crippen LogP contribution in [0.3, 0.4) is 0 Å². The Hall–Kier alpha value is -6.32. The molecule has 0 unspecified atom stereocenters. The fraction of sp³-hybridized carbons (Fsp3) is 0. The van der Waals surface area contributed by atoms with Crippen LogP contribution in [-0.2, 0) is 0 Å². The Bertz CT molecular complexity index is 2800. The molecule has 2 heterocycles. The number of rotatable bonds is 4. The number of hydrogen-bond acceptors (Lipinski definition) is 3. The van der Waals surface area contributed by atoms with Crippen molar-refractivity contribution in [1.82, 2.24) is 0 Å². The first-order chi connectivity index (χ1) is 23.3. The fourth-order valence-electron chi connectivity index (χ4n) is 7.27. The molecule has 0 N–H and O–H groups in total. The molecule has 8 aromatic carbocycles. The largest absolute Gasteiger partial charge is 0.456 e. The summed E-state index contributed by atoms with van der Waals surface area (Å²) in [5, 5.41) is 9.15. The molecule has 0 atom stereocenters. The van der Waals surface area contributed by atoms with Gasteiger partial charge in [-0.05, 0) is 70.3 Å². The number of para-hydroxylation sites is 2. The minimum atomic E-state index is 0.864. The van der Waals surface area contributed by atoms with Gasteiger partial charge < -0.3 is 13.7 Å². The molecule has 10 aromatic rings. The molecule has 0 radical (unpaired) electrons. The van der Waals surface area contributed by atoms with Gasteiger partial charge in [-0.2, -0.15) is 0 Å². The minimum Gasteiger partial charge on any atom is -0.456 e. The zero-order valence-electron chi connectivity index (χ0n) is 25.4. The lowest BCUT2D eigenvalue weighted by Gasteiger charge is -2.28. The molecule has 0 amide bonds. The van der Waals surface area contributed by atoms with Gasteiger partial charge in [0.05, 0.1) is 5.69 Å². The predicted octanol–water partition coefficient (Wildman–Crippen LogP) is 12.9. The first-order valence-electron chi connectivity index (χ1n) is 15.9. The average Bonchev–Trinajstić information content (AvgIpc) is 3.71. The van der Waals surface area contributed by atoms with Crippen molar-refractivity contribution in [1.29, 1.82) is 0 Å². The van der Waals surface area contributed by atoms with Crippen LogP contribution in [0, 0.1) is 0 Å². The van der Waals surface area contributed by atoms with Crippen LogP contribution in [0.15, 0.2) is 173 Å². The van der Waals surface area contributed by atoms with E-state index in [-0.39, 0.29) is 0 Å². The third-order valence-electron chi connectivity index (χ3n) is 9.43. The number of hydrogen-bond donors (Lipinski definition) is 0. The molecular formula is C44H27NO2. The topological polar surface area (TPSA) is 29.5 Å². The monoisotopic (exact) mass is 601 g/mol. The van der Waals surface area contributed by atoms with Crippen molar-refractivity contribution in [3.05, 3.63) is 164 Å². The Kier molecular flexibility index (Phi) is 5.57. The maximum atomic E-state index is 6.66. The molecule has 0 spiro atoms. The Labute approximate surface area is 270 Å². The summed E-state index contributed by atoms with van der Waals surface area (Å²) < 4.78 is 12.9. The van der Waals surface area contributed by atoms with Crippen molar-refractivity contribution in [2.24, 2.45) is 0 Å². The van der Waals surface area contributed by atoms with Crippen molar-refractivity contribution in [2.75, 3.05) is 4.90 Å². The van der Waals surface area contributed by atoms with Crippen LogP contribution in [0.4, 0.5) is 17.1 Å². The van der Waals surface area contributed by atoms with Crippen LogP contribution in [0.2, 0.25) is 0 Å². The van der Waals surface area contributed by atoms with Crippen molar-refractivity contribution in [2.45, 2.75) is 0 Å². The van der Waals surface area contributed by atoms with Gasteiger partial charge in [-0.3, -0.25) is 0 Å². The molecule has 0 aliphatic heterocycles. The fourth-order valence-corrected chi connectivity index (χ4v) is 7.27. The quantitative estimate of drug-likeness (QED) is 0.201. The zero-order chi connectivity index (χ0) is 30.9. The van der Waals surface area contributed by atoms with Crippen LogP contribution in [0.25, 0.3) is 76.5 Å². The molecule has 0 bridgehead atoms. The molecule has 2 aromatic heterocycles. The Morgan fingerprint density at radius 3 is 2.00 bits per heavy atom. The Morgan fingerprint density at radius 2 is 1.09 bits per heavy atom. The highest BCUT2D eigenvalue weighted by molar-refractivity contribution is 6.19. The van der Waals surface area contributed by atoms with Crippen LogP contribution in [0.1, 0.15) is 0 Å². The van der Waals surface area contributed by atoms with Crippen LogP contribution >= 0.6 is 0 Å². The summed E-state index contributed by atoms with van der Waals surface area (Å²) in [6, 6.07) is 57.9. The van der Waals surface area contributed by atoms with E-state index < -0.39 is 0 Å². The Balaban J connectivity index is 1.22. The smallest absolute Gasteiger partial charge is 0.143 e. The molecule has 0 aliphatic rings. The molecular weight excluding hydrogens is 574 g/mol. The molecule has 3 heteroatoms. The van der Waals surface area contributed by atoms with Crippen LogP contribution < -0.4 is 4.90 Å². The molecule has 10 rings (SSSR count). The summed E-state index contributed by atoms with van der Waals surface area (Å²) in [6.45, 7) is 0. The highest BCUT2D eigenvalue weighted by Crippen LogP contribution is 2.45. The van der Waals surface area contributed by atoms with Crippen molar-refractivity contribution in [3.63, 3.8) is 0 Å². The standard InChI is InChI=1S/C44H27NO2/c1-2-10-28(11-3-1)33-13-6-8-16-39(33)45(31-20-23-34-30(26-31)19-25-41-43(34)38-15-7-9-17-40(38)46-41)32-21-24-36-37-22-18-29-12-4-5-14-35(29)44(37)47-42(36)27-32/h1-27H. The van der Waals surface area contributed by atoms with Crippen LogP contribution in [-0.4, -0.2) is 0 Å². The molecule has 3 nitrogen and oxygen atoms in total. The third-order valence-corrected chi connectivity index (χ3v) is 9.43. The maximum Gasteiger partial charge on any atom is 0.143 e. The van der Waals surface area contributed by atoms with E-state index in [0.717, 1.165) is 82.8 Å². The number of benzene rings is 8. The lowest BCUT2D eigenvalue weighted by molar-refractivity contribution is 0.669. The number of fused-ring (bicyclic) bond motifs is 10. The molecule has 0 fully saturated rings. The van der Waals surface area contributed by atoms with E-state index in [2.05, 4.69) is 157 Å². The first kappa shape index (κ1) is 26.0. The molecule has 220 valence electrons. The summed E-state index contributed by atoms with van der Waals surface area (Å²) in [6.07, 6.45) is 0. The predicted molar refractivity (Wildman–Crippen MR) is 196 cm³/mol. The van der Waals surface area contributed by atoms with Crippen LogP contribution in [0.5, 0.6) is 0 Å². The van der Waals surface area contributed by atoms with Gasteiger partial charge in [-0.25, -0.2) is 0 Å². The van der Waals surface area contributed by atoms with Gasteiger partial charge in [0.2, 0.25) is 0 Å². The first-order valence-corrected chi connectivity index (χ1v) is 15.9. The van der Waals surface area contributed by atoms with E-state index in [1.54, 1.807) is 0 Å². The number of nitrogens with zero attached hydrogens (tertiary/aromatic N) is 1.